The molecular formula is C35H45N5O8. The lowest BCUT2D eigenvalue weighted by molar-refractivity contribution is -0.384. The fourth-order valence-corrected chi connectivity index (χ4v) is 6.23. The fourth-order valence-electron chi connectivity index (χ4n) is 6.23. The van der Waals surface area contributed by atoms with E-state index in [1.165, 1.54) is 29.2 Å². The molecular weight excluding hydrogens is 618 g/mol. The van der Waals surface area contributed by atoms with Crippen molar-refractivity contribution in [3.05, 3.63) is 64.7 Å². The summed E-state index contributed by atoms with van der Waals surface area (Å²) >= 11 is 0. The third-order valence-electron chi connectivity index (χ3n) is 9.17. The molecule has 4 amide bonds. The summed E-state index contributed by atoms with van der Waals surface area (Å²) in [5, 5.41) is 19.1. The zero-order valence-corrected chi connectivity index (χ0v) is 28.1. The van der Waals surface area contributed by atoms with E-state index in [1.807, 2.05) is 13.8 Å². The largest absolute Gasteiger partial charge is 0.413 e. The van der Waals surface area contributed by atoms with Crippen molar-refractivity contribution in [3.8, 4) is 5.75 Å². The first-order valence-electron chi connectivity index (χ1n) is 16.4. The highest BCUT2D eigenvalue weighted by molar-refractivity contribution is 6.42. The van der Waals surface area contributed by atoms with Gasteiger partial charge in [0.15, 0.2) is 0 Å². The molecule has 0 aromatic heterocycles. The molecule has 1 aliphatic heterocycles. The van der Waals surface area contributed by atoms with Crippen LogP contribution in [0.15, 0.2) is 54.6 Å². The molecule has 2 aromatic carbocycles. The number of nitro groups is 1. The predicted octanol–water partition coefficient (Wildman–Crippen LogP) is 4.85. The molecule has 1 unspecified atom stereocenters. The molecule has 1 aliphatic carbocycles. The Bertz CT molecular complexity index is 1500. The Kier molecular flexibility index (Phi) is 11.6. The Morgan fingerprint density at radius 2 is 1.60 bits per heavy atom. The Labute approximate surface area is 280 Å². The number of para-hydroxylation sites is 1. The number of ketones is 1. The summed E-state index contributed by atoms with van der Waals surface area (Å²) in [4.78, 5) is 79.6. The van der Waals surface area contributed by atoms with E-state index in [-0.39, 0.29) is 35.7 Å². The maximum atomic E-state index is 14.2. The standard InChI is InChI=1S/C35H45N5O8/c1-21(2)26-18-19-39(33(44)30(35(3,4)5)38-34(45)48-25-16-14-24(15-17-25)40(46)47)28(26)31(42)37-27(20-22-10-9-11-22)29(41)32(43)36-23-12-7-6-8-13-23/h6-8,12-17,21-22,26-28,30H,9-11,18-20H2,1-5H3,(H,36,43)(H,37,42)(H,38,45)/t26-,27?,28+,30-/m1/s1. The summed E-state index contributed by atoms with van der Waals surface area (Å²) in [7, 11) is 0. The van der Waals surface area contributed by atoms with Crippen molar-refractivity contribution in [2.24, 2.45) is 23.2 Å². The minimum Gasteiger partial charge on any atom is -0.410 e. The molecule has 0 spiro atoms. The first kappa shape index (κ1) is 36.0. The highest BCUT2D eigenvalue weighted by atomic mass is 16.6. The van der Waals surface area contributed by atoms with Gasteiger partial charge in [-0.3, -0.25) is 29.3 Å². The van der Waals surface area contributed by atoms with Crippen LogP contribution in [0.4, 0.5) is 16.2 Å². The Hall–Kier alpha value is -4.81. The Morgan fingerprint density at radius 1 is 0.958 bits per heavy atom. The molecule has 2 fully saturated rings. The molecule has 2 aliphatic rings. The van der Waals surface area contributed by atoms with Gasteiger partial charge in [-0.25, -0.2) is 4.79 Å². The highest BCUT2D eigenvalue weighted by Crippen LogP contribution is 2.35. The third kappa shape index (κ3) is 8.96. The SMILES string of the molecule is CC(C)[C@H]1CCN(C(=O)[C@@H](NC(=O)Oc2ccc([N+](=O)[O-])cc2)C(C)(C)C)[C@@H]1C(=O)NC(CC1CCC1)C(=O)C(=O)Nc1ccccc1. The zero-order valence-electron chi connectivity index (χ0n) is 28.1. The van der Waals surface area contributed by atoms with Crippen LogP contribution in [0.2, 0.25) is 0 Å². The van der Waals surface area contributed by atoms with Crippen LogP contribution in [-0.2, 0) is 19.2 Å². The number of nitrogens with zero attached hydrogens (tertiary/aromatic N) is 2. The summed E-state index contributed by atoms with van der Waals surface area (Å²) in [6, 6.07) is 10.4. The van der Waals surface area contributed by atoms with E-state index < -0.39 is 58.1 Å². The van der Waals surface area contributed by atoms with E-state index in [4.69, 9.17) is 4.74 Å². The van der Waals surface area contributed by atoms with Gasteiger partial charge in [0.05, 0.1) is 11.0 Å². The normalized spacial score (nSPS) is 19.1. The number of ether oxygens (including phenoxy) is 1. The van der Waals surface area contributed by atoms with E-state index in [0.29, 0.717) is 18.5 Å². The predicted molar refractivity (Wildman–Crippen MR) is 178 cm³/mol. The lowest BCUT2D eigenvalue weighted by atomic mass is 9.80. The summed E-state index contributed by atoms with van der Waals surface area (Å²) in [5.74, 6) is -2.57. The van der Waals surface area contributed by atoms with E-state index in [9.17, 15) is 34.1 Å². The minimum atomic E-state index is -1.10. The summed E-state index contributed by atoms with van der Waals surface area (Å²) in [6.07, 6.45) is 2.73. The molecule has 4 rings (SSSR count). The molecule has 13 heteroatoms. The van der Waals surface area contributed by atoms with Crippen molar-refractivity contribution in [2.45, 2.75) is 84.8 Å². The van der Waals surface area contributed by atoms with Crippen molar-refractivity contribution >= 4 is 41.0 Å². The number of likely N-dealkylation sites (tertiary alicyclic amines) is 1. The zero-order chi connectivity index (χ0) is 35.2. The number of anilines is 1. The van der Waals surface area contributed by atoms with Crippen LogP contribution in [0.25, 0.3) is 0 Å². The molecule has 2 aromatic rings. The molecule has 4 atom stereocenters. The van der Waals surface area contributed by atoms with Crippen LogP contribution in [-0.4, -0.2) is 64.1 Å². The van der Waals surface area contributed by atoms with Gasteiger partial charge in [0.1, 0.15) is 17.8 Å². The molecule has 1 saturated heterocycles. The van der Waals surface area contributed by atoms with Crippen LogP contribution in [0.3, 0.4) is 0 Å². The van der Waals surface area contributed by atoms with Crippen LogP contribution >= 0.6 is 0 Å². The van der Waals surface area contributed by atoms with Gasteiger partial charge in [-0.1, -0.05) is 72.1 Å². The number of carbonyl (C=O) groups is 5. The van der Waals surface area contributed by atoms with Crippen LogP contribution in [0.1, 0.15) is 66.7 Å². The first-order chi connectivity index (χ1) is 22.6. The van der Waals surface area contributed by atoms with Crippen molar-refractivity contribution in [3.63, 3.8) is 0 Å². The first-order valence-corrected chi connectivity index (χ1v) is 16.4. The van der Waals surface area contributed by atoms with Gasteiger partial charge in [-0.05, 0) is 60.3 Å². The van der Waals surface area contributed by atoms with Gasteiger partial charge in [0.2, 0.25) is 17.6 Å². The Balaban J connectivity index is 1.53. The topological polar surface area (TPSA) is 177 Å². The molecule has 1 heterocycles. The summed E-state index contributed by atoms with van der Waals surface area (Å²) < 4.78 is 5.32. The number of amides is 4. The quantitative estimate of drug-likeness (QED) is 0.164. The monoisotopic (exact) mass is 663 g/mol. The second-order valence-corrected chi connectivity index (χ2v) is 14.0. The molecule has 3 N–H and O–H groups in total. The van der Waals surface area contributed by atoms with Gasteiger partial charge < -0.3 is 25.6 Å². The molecule has 13 nitrogen and oxygen atoms in total. The molecule has 258 valence electrons. The van der Waals surface area contributed by atoms with Gasteiger partial charge >= 0.3 is 6.09 Å². The highest BCUT2D eigenvalue weighted by Gasteiger charge is 2.48. The summed E-state index contributed by atoms with van der Waals surface area (Å²) in [5.41, 5.74) is -0.511. The average Bonchev–Trinajstić information content (AvgIpc) is 3.46. The number of rotatable bonds is 12. The number of non-ortho nitro benzene ring substituents is 1. The van der Waals surface area contributed by atoms with E-state index >= 15 is 0 Å². The van der Waals surface area contributed by atoms with Crippen molar-refractivity contribution in [1.82, 2.24) is 15.5 Å². The molecule has 1 saturated carbocycles. The number of nitrogens with one attached hydrogen (secondary N) is 3. The maximum absolute atomic E-state index is 14.2. The Morgan fingerprint density at radius 3 is 2.15 bits per heavy atom. The third-order valence-corrected chi connectivity index (χ3v) is 9.17. The van der Waals surface area contributed by atoms with Crippen molar-refractivity contribution in [1.29, 1.82) is 0 Å². The van der Waals surface area contributed by atoms with Crippen molar-refractivity contribution < 1.29 is 33.6 Å². The lowest BCUT2D eigenvalue weighted by Crippen LogP contribution is -2.60. The number of Topliss-reactive ketones (excluding diaryl/α,β-unsaturated/α-hetero) is 1. The van der Waals surface area contributed by atoms with E-state index in [2.05, 4.69) is 16.0 Å². The number of hydrogen-bond acceptors (Lipinski definition) is 8. The van der Waals surface area contributed by atoms with Gasteiger partial charge in [0.25, 0.3) is 11.6 Å². The number of benzene rings is 2. The van der Waals surface area contributed by atoms with Crippen LogP contribution in [0, 0.1) is 33.3 Å². The van der Waals surface area contributed by atoms with Gasteiger partial charge in [0, 0.05) is 24.4 Å². The van der Waals surface area contributed by atoms with Crippen LogP contribution in [0.5, 0.6) is 5.75 Å². The molecule has 0 radical (unpaired) electrons. The number of carbonyl (C=O) groups excluding carboxylic acids is 5. The number of nitro benzene ring substituents is 1. The summed E-state index contributed by atoms with van der Waals surface area (Å²) in [6.45, 7) is 9.48. The minimum absolute atomic E-state index is 0.00820. The lowest BCUT2D eigenvalue weighted by Gasteiger charge is -2.37. The van der Waals surface area contributed by atoms with Gasteiger partial charge in [-0.2, -0.15) is 0 Å². The fraction of sp³-hybridized carbons (Fsp3) is 0.514. The smallest absolute Gasteiger partial charge is 0.410 e. The van der Waals surface area contributed by atoms with Gasteiger partial charge in [-0.15, -0.1) is 0 Å². The molecule has 48 heavy (non-hydrogen) atoms. The van der Waals surface area contributed by atoms with E-state index in [1.54, 1.807) is 51.1 Å². The average molecular weight is 664 g/mol. The maximum Gasteiger partial charge on any atom is 0.413 e. The van der Waals surface area contributed by atoms with Crippen molar-refractivity contribution in [2.75, 3.05) is 11.9 Å². The molecule has 0 bridgehead atoms. The van der Waals surface area contributed by atoms with E-state index in [0.717, 1.165) is 19.3 Å². The second-order valence-electron chi connectivity index (χ2n) is 14.0. The van der Waals surface area contributed by atoms with Crippen LogP contribution < -0.4 is 20.7 Å². The second kappa shape index (κ2) is 15.4. The number of hydrogen-bond donors (Lipinski definition) is 3.